The summed E-state index contributed by atoms with van der Waals surface area (Å²) in [6, 6.07) is 14.1. The van der Waals surface area contributed by atoms with Crippen LogP contribution in [0.1, 0.15) is 28.4 Å². The Morgan fingerprint density at radius 1 is 1.03 bits per heavy atom. The summed E-state index contributed by atoms with van der Waals surface area (Å²) in [6.07, 6.45) is -4.67. The summed E-state index contributed by atoms with van der Waals surface area (Å²) in [5.41, 5.74) is -1.10. The maximum atomic E-state index is 13.2. The lowest BCUT2D eigenvalue weighted by atomic mass is 10.1. The molecule has 1 atom stereocenters. The number of hydrogen-bond acceptors (Lipinski definition) is 4. The van der Waals surface area contributed by atoms with Gasteiger partial charge in [0.15, 0.2) is 0 Å². The molecule has 1 heterocycles. The second kappa shape index (κ2) is 8.57. The van der Waals surface area contributed by atoms with Gasteiger partial charge in [0.25, 0.3) is 17.5 Å². The molecule has 0 aliphatic carbocycles. The van der Waals surface area contributed by atoms with E-state index in [4.69, 9.17) is 16.3 Å². The van der Waals surface area contributed by atoms with E-state index in [1.165, 1.54) is 31.2 Å². The molecular formula is C24H19ClF3N3O3. The topological polar surface area (TPSA) is 79.5 Å². The van der Waals surface area contributed by atoms with Crippen LogP contribution in [0.25, 0.3) is 0 Å². The molecule has 4 rings (SSSR count). The molecule has 0 radical (unpaired) electrons. The number of anilines is 3. The number of nitrogens with one attached hydrogen (secondary N) is 3. The standard InChI is InChI=1S/C24H19ClF3N3O3/c1-13-17(25)8-5-9-18(13)30-22(33)23(2)31-19-11-10-14(12-20(19)34-23)29-21(32)15-6-3-4-7-16(15)24(26,27)28/h3-12,31H,1-2H3,(H,29,32)(H,30,33). The van der Waals surface area contributed by atoms with Crippen molar-refractivity contribution in [3.63, 3.8) is 0 Å². The van der Waals surface area contributed by atoms with E-state index in [1.54, 1.807) is 31.2 Å². The van der Waals surface area contributed by atoms with Crippen molar-refractivity contribution in [2.24, 2.45) is 0 Å². The Kier molecular flexibility index (Phi) is 5.91. The van der Waals surface area contributed by atoms with E-state index in [9.17, 15) is 22.8 Å². The first kappa shape index (κ1) is 23.4. The summed E-state index contributed by atoms with van der Waals surface area (Å²) in [7, 11) is 0. The molecule has 0 spiro atoms. The first-order chi connectivity index (χ1) is 16.0. The number of benzene rings is 3. The summed E-state index contributed by atoms with van der Waals surface area (Å²) >= 11 is 6.11. The summed E-state index contributed by atoms with van der Waals surface area (Å²) in [6.45, 7) is 3.30. The molecule has 0 aromatic heterocycles. The number of rotatable bonds is 4. The van der Waals surface area contributed by atoms with Gasteiger partial charge in [-0.3, -0.25) is 9.59 Å². The summed E-state index contributed by atoms with van der Waals surface area (Å²) in [5, 5.41) is 8.70. The van der Waals surface area contributed by atoms with Crippen LogP contribution in [0.5, 0.6) is 5.75 Å². The van der Waals surface area contributed by atoms with Crippen LogP contribution in [0.2, 0.25) is 5.02 Å². The van der Waals surface area contributed by atoms with Crippen LogP contribution in [-0.2, 0) is 11.0 Å². The molecule has 1 aliphatic rings. The molecule has 1 unspecified atom stereocenters. The van der Waals surface area contributed by atoms with Gasteiger partial charge in [-0.25, -0.2) is 0 Å². The maximum Gasteiger partial charge on any atom is 0.417 e. The molecule has 3 aromatic rings. The molecular weight excluding hydrogens is 471 g/mol. The normalized spacial score (nSPS) is 16.8. The van der Waals surface area contributed by atoms with Crippen molar-refractivity contribution in [2.75, 3.05) is 16.0 Å². The fourth-order valence-electron chi connectivity index (χ4n) is 3.50. The highest BCUT2D eigenvalue weighted by atomic mass is 35.5. The third-order valence-corrected chi connectivity index (χ3v) is 5.76. The average Bonchev–Trinajstić information content (AvgIpc) is 3.13. The predicted octanol–water partition coefficient (Wildman–Crippen LogP) is 6.08. The lowest BCUT2D eigenvalue weighted by Crippen LogP contribution is -2.48. The largest absolute Gasteiger partial charge is 0.457 e. The van der Waals surface area contributed by atoms with Gasteiger partial charge in [-0.1, -0.05) is 29.8 Å². The van der Waals surface area contributed by atoms with Crippen LogP contribution in [0, 0.1) is 6.92 Å². The van der Waals surface area contributed by atoms with Gasteiger partial charge < -0.3 is 20.7 Å². The Balaban J connectivity index is 1.51. The zero-order valence-electron chi connectivity index (χ0n) is 18.0. The second-order valence-electron chi connectivity index (χ2n) is 7.84. The van der Waals surface area contributed by atoms with Crippen LogP contribution >= 0.6 is 11.6 Å². The highest BCUT2D eigenvalue weighted by molar-refractivity contribution is 6.31. The van der Waals surface area contributed by atoms with Gasteiger partial charge >= 0.3 is 6.18 Å². The molecule has 3 N–H and O–H groups in total. The van der Waals surface area contributed by atoms with Crippen LogP contribution < -0.4 is 20.7 Å². The molecule has 176 valence electrons. The van der Waals surface area contributed by atoms with Crippen molar-refractivity contribution < 1.29 is 27.5 Å². The number of halogens is 4. The lowest BCUT2D eigenvalue weighted by molar-refractivity contribution is -0.137. The van der Waals surface area contributed by atoms with Crippen molar-refractivity contribution in [1.29, 1.82) is 0 Å². The summed E-state index contributed by atoms with van der Waals surface area (Å²) in [4.78, 5) is 25.5. The van der Waals surface area contributed by atoms with Gasteiger partial charge in [0.2, 0.25) is 0 Å². The van der Waals surface area contributed by atoms with Crippen LogP contribution in [0.15, 0.2) is 60.7 Å². The Bertz CT molecular complexity index is 1300. The van der Waals surface area contributed by atoms with E-state index in [0.717, 1.165) is 12.1 Å². The predicted molar refractivity (Wildman–Crippen MR) is 123 cm³/mol. The monoisotopic (exact) mass is 489 g/mol. The van der Waals surface area contributed by atoms with E-state index in [-0.39, 0.29) is 11.4 Å². The molecule has 0 saturated carbocycles. The lowest BCUT2D eigenvalue weighted by Gasteiger charge is -2.24. The molecule has 2 amide bonds. The molecule has 0 fully saturated rings. The van der Waals surface area contributed by atoms with Crippen LogP contribution in [-0.4, -0.2) is 17.5 Å². The number of fused-ring (bicyclic) bond motifs is 1. The maximum absolute atomic E-state index is 13.2. The molecule has 3 aromatic carbocycles. The zero-order chi connectivity index (χ0) is 24.7. The second-order valence-corrected chi connectivity index (χ2v) is 8.24. The highest BCUT2D eigenvalue weighted by Gasteiger charge is 2.42. The average molecular weight is 490 g/mol. The van der Waals surface area contributed by atoms with Crippen LogP contribution in [0.4, 0.5) is 30.2 Å². The number of amides is 2. The van der Waals surface area contributed by atoms with Crippen molar-refractivity contribution in [3.8, 4) is 5.75 Å². The van der Waals surface area contributed by atoms with Crippen LogP contribution in [0.3, 0.4) is 0 Å². The Hall–Kier alpha value is -3.72. The Morgan fingerprint density at radius 2 is 1.76 bits per heavy atom. The Morgan fingerprint density at radius 3 is 2.50 bits per heavy atom. The minimum absolute atomic E-state index is 0.206. The molecule has 6 nitrogen and oxygen atoms in total. The highest BCUT2D eigenvalue weighted by Crippen LogP contribution is 2.39. The van der Waals surface area contributed by atoms with Crippen molar-refractivity contribution in [2.45, 2.75) is 25.7 Å². The van der Waals surface area contributed by atoms with Gasteiger partial charge in [0.1, 0.15) is 5.75 Å². The minimum atomic E-state index is -4.67. The van der Waals surface area contributed by atoms with Crippen molar-refractivity contribution >= 4 is 40.5 Å². The molecule has 0 saturated heterocycles. The molecule has 10 heteroatoms. The number of carbonyl (C=O) groups excluding carboxylic acids is 2. The fraction of sp³-hybridized carbons (Fsp3) is 0.167. The van der Waals surface area contributed by atoms with Crippen molar-refractivity contribution in [1.82, 2.24) is 0 Å². The number of hydrogen-bond donors (Lipinski definition) is 3. The SMILES string of the molecule is Cc1c(Cl)cccc1NC(=O)C1(C)Nc2ccc(NC(=O)c3ccccc3C(F)(F)F)cc2O1. The Labute approximate surface area is 198 Å². The van der Waals surface area contributed by atoms with E-state index in [0.29, 0.717) is 22.0 Å². The molecule has 0 bridgehead atoms. The van der Waals surface area contributed by atoms with Gasteiger partial charge in [0.05, 0.1) is 16.8 Å². The van der Waals surface area contributed by atoms with E-state index in [1.807, 2.05) is 0 Å². The third kappa shape index (κ3) is 4.51. The summed E-state index contributed by atoms with van der Waals surface area (Å²) < 4.78 is 45.5. The number of ether oxygens (including phenoxy) is 1. The third-order valence-electron chi connectivity index (χ3n) is 5.35. The first-order valence-electron chi connectivity index (χ1n) is 10.1. The summed E-state index contributed by atoms with van der Waals surface area (Å²) in [5.74, 6) is -1.16. The quantitative estimate of drug-likeness (QED) is 0.415. The number of carbonyl (C=O) groups is 2. The zero-order valence-corrected chi connectivity index (χ0v) is 18.8. The van der Waals surface area contributed by atoms with Gasteiger partial charge in [0, 0.05) is 29.4 Å². The molecule has 34 heavy (non-hydrogen) atoms. The van der Waals surface area contributed by atoms with E-state index >= 15 is 0 Å². The minimum Gasteiger partial charge on any atom is -0.457 e. The van der Waals surface area contributed by atoms with E-state index < -0.39 is 34.8 Å². The van der Waals surface area contributed by atoms with Gasteiger partial charge in [-0.05, 0) is 48.9 Å². The molecule has 1 aliphatic heterocycles. The smallest absolute Gasteiger partial charge is 0.417 e. The van der Waals surface area contributed by atoms with Crippen molar-refractivity contribution in [3.05, 3.63) is 82.4 Å². The van der Waals surface area contributed by atoms with Gasteiger partial charge in [-0.15, -0.1) is 0 Å². The number of alkyl halides is 3. The van der Waals surface area contributed by atoms with E-state index in [2.05, 4.69) is 16.0 Å². The first-order valence-corrected chi connectivity index (χ1v) is 10.5. The van der Waals surface area contributed by atoms with Gasteiger partial charge in [-0.2, -0.15) is 13.2 Å². The fourth-order valence-corrected chi connectivity index (χ4v) is 3.68.